The zero-order chi connectivity index (χ0) is 18.1. The summed E-state index contributed by atoms with van der Waals surface area (Å²) in [5, 5.41) is 1.51. The number of benzene rings is 2. The molecule has 0 N–H and O–H groups in total. The van der Waals surface area contributed by atoms with Crippen molar-refractivity contribution >= 4 is 28.0 Å². The lowest BCUT2D eigenvalue weighted by Gasteiger charge is -2.28. The minimum atomic E-state index is -4.25. The molecule has 0 saturated heterocycles. The van der Waals surface area contributed by atoms with Crippen LogP contribution >= 0.6 is 0 Å². The first kappa shape index (κ1) is 18.9. The number of hydrogen-bond acceptors (Lipinski definition) is 0. The number of rotatable bonds is 5. The van der Waals surface area contributed by atoms with Crippen LogP contribution in [0.5, 0.6) is 0 Å². The van der Waals surface area contributed by atoms with Crippen molar-refractivity contribution < 1.29 is 17.6 Å². The van der Waals surface area contributed by atoms with Crippen molar-refractivity contribution in [1.29, 1.82) is 0 Å². The molecule has 0 amide bonds. The number of alkyl halides is 4. The molecule has 0 aliphatic rings. The van der Waals surface area contributed by atoms with Gasteiger partial charge in [0.1, 0.15) is 0 Å². The van der Waals surface area contributed by atoms with Crippen molar-refractivity contribution in [1.82, 2.24) is 0 Å². The van der Waals surface area contributed by atoms with Gasteiger partial charge in [-0.15, -0.1) is 0 Å². The van der Waals surface area contributed by atoms with E-state index in [-0.39, 0.29) is 0 Å². The third-order valence-corrected chi connectivity index (χ3v) is 7.61. The third-order valence-electron chi connectivity index (χ3n) is 4.23. The Morgan fingerprint density at radius 2 is 0.958 bits per heavy atom. The summed E-state index contributed by atoms with van der Waals surface area (Å²) in [6.45, 7) is 7.91. The van der Waals surface area contributed by atoms with Crippen LogP contribution in [0.25, 0.3) is 0 Å². The largest absolute Gasteiger partial charge is 0.339 e. The van der Waals surface area contributed by atoms with Gasteiger partial charge in [0.25, 0.3) is 0 Å². The van der Waals surface area contributed by atoms with E-state index in [0.29, 0.717) is 0 Å². The zero-order valence-electron chi connectivity index (χ0n) is 14.3. The van der Waals surface area contributed by atoms with Crippen LogP contribution < -0.4 is 10.4 Å². The Bertz CT molecular complexity index is 650. The minimum Gasteiger partial charge on any atom is -0.194 e. The highest BCUT2D eigenvalue weighted by Gasteiger charge is 2.58. The van der Waals surface area contributed by atoms with Gasteiger partial charge in [-0.3, -0.25) is 0 Å². The second-order valence-electron chi connectivity index (χ2n) is 6.71. The molecule has 0 aromatic heterocycles. The molecule has 0 fully saturated rings. The molecule has 130 valence electrons. The molecule has 0 aliphatic carbocycles. The van der Waals surface area contributed by atoms with Crippen LogP contribution in [0.15, 0.2) is 48.5 Å². The Labute approximate surface area is 143 Å². The molecule has 24 heavy (non-hydrogen) atoms. The van der Waals surface area contributed by atoms with Crippen molar-refractivity contribution in [3.63, 3.8) is 0 Å². The molecule has 0 unspecified atom stereocenters. The molecule has 0 atom stereocenters. The molecule has 0 bridgehead atoms. The predicted molar refractivity (Wildman–Crippen MR) is 97.7 cm³/mol. The van der Waals surface area contributed by atoms with Gasteiger partial charge in [-0.1, -0.05) is 85.1 Å². The van der Waals surface area contributed by atoms with Crippen molar-refractivity contribution in [2.24, 2.45) is 0 Å². The highest BCUT2D eigenvalue weighted by molar-refractivity contribution is 6.71. The van der Waals surface area contributed by atoms with E-state index in [9.17, 15) is 17.6 Å². The van der Waals surface area contributed by atoms with Crippen molar-refractivity contribution in [2.75, 3.05) is 0 Å². The van der Waals surface area contributed by atoms with Crippen LogP contribution in [0.1, 0.15) is 11.1 Å². The van der Waals surface area contributed by atoms with Crippen molar-refractivity contribution in [3.05, 3.63) is 59.7 Å². The summed E-state index contributed by atoms with van der Waals surface area (Å²) in [6, 6.07) is 11.0. The van der Waals surface area contributed by atoms with Crippen LogP contribution in [0, 0.1) is 0 Å². The summed E-state index contributed by atoms with van der Waals surface area (Å²) >= 11 is 0. The molecule has 2 aromatic carbocycles. The van der Waals surface area contributed by atoms with Gasteiger partial charge < -0.3 is 0 Å². The van der Waals surface area contributed by atoms with E-state index >= 15 is 0 Å². The molecule has 6 heteroatoms. The molecule has 0 radical (unpaired) electrons. The average Bonchev–Trinajstić information content (AvgIpc) is 2.54. The third kappa shape index (κ3) is 3.49. The van der Waals surface area contributed by atoms with Gasteiger partial charge in [-0.25, -0.2) is 0 Å². The lowest BCUT2D eigenvalue weighted by molar-refractivity contribution is -0.223. The van der Waals surface area contributed by atoms with Crippen LogP contribution in [0.3, 0.4) is 0 Å². The van der Waals surface area contributed by atoms with E-state index in [4.69, 9.17) is 0 Å². The first-order chi connectivity index (χ1) is 11.1. The second kappa shape index (κ2) is 6.84. The Morgan fingerprint density at radius 3 is 1.25 bits per heavy atom. The molecule has 2 rings (SSSR count). The summed E-state index contributed by atoms with van der Waals surface area (Å²) in [6.07, 6.45) is 0. The van der Waals surface area contributed by atoms with Gasteiger partial charge in [-0.2, -0.15) is 17.6 Å². The minimum absolute atomic E-state index is 0.613. The lowest BCUT2D eigenvalue weighted by Crippen LogP contribution is -2.38. The Hall–Kier alpha value is -1.41. The monoisotopic (exact) mass is 370 g/mol. The van der Waals surface area contributed by atoms with Gasteiger partial charge in [0.15, 0.2) is 0 Å². The summed E-state index contributed by atoms with van der Waals surface area (Å²) in [7, 11) is -2.70. The second-order valence-corrected chi connectivity index (χ2v) is 12.7. The molecular weight excluding hydrogens is 348 g/mol. The smallest absolute Gasteiger partial charge is 0.194 e. The van der Waals surface area contributed by atoms with Crippen molar-refractivity contribution in [2.45, 2.75) is 38.0 Å². The summed E-state index contributed by atoms with van der Waals surface area (Å²) in [4.78, 5) is 0. The molecular formula is C18H22F4Si2. The van der Waals surface area contributed by atoms with E-state index in [1.54, 1.807) is 12.1 Å². The van der Waals surface area contributed by atoms with Crippen LogP contribution in [0.2, 0.25) is 26.2 Å². The van der Waals surface area contributed by atoms with Gasteiger partial charge >= 0.3 is 11.8 Å². The Kier molecular flexibility index (Phi) is 5.39. The van der Waals surface area contributed by atoms with Crippen LogP contribution in [0.4, 0.5) is 17.6 Å². The fourth-order valence-corrected chi connectivity index (χ4v) is 4.57. The van der Waals surface area contributed by atoms with E-state index in [1.807, 2.05) is 26.2 Å². The first-order valence-electron chi connectivity index (χ1n) is 8.04. The molecule has 0 aliphatic heterocycles. The maximum atomic E-state index is 14.7. The highest BCUT2D eigenvalue weighted by atomic mass is 28.3. The predicted octanol–water partition coefficient (Wildman–Crippen LogP) is 3.96. The lowest BCUT2D eigenvalue weighted by atomic mass is 9.96. The molecule has 0 nitrogen and oxygen atoms in total. The van der Waals surface area contributed by atoms with Crippen LogP contribution in [-0.2, 0) is 11.8 Å². The van der Waals surface area contributed by atoms with E-state index in [2.05, 4.69) is 0 Å². The van der Waals surface area contributed by atoms with Gasteiger partial charge in [-0.05, 0) is 0 Å². The van der Waals surface area contributed by atoms with Gasteiger partial charge in [0.05, 0.1) is 17.6 Å². The zero-order valence-corrected chi connectivity index (χ0v) is 16.6. The molecule has 0 spiro atoms. The summed E-state index contributed by atoms with van der Waals surface area (Å²) in [5.41, 5.74) is -1.23. The SMILES string of the molecule is C[SiH](C)c1cccc(C(F)(F)C(F)(F)c2cccc([SiH](C)C)c2)c1. The normalized spacial score (nSPS) is 12.9. The van der Waals surface area contributed by atoms with E-state index in [1.165, 1.54) is 24.3 Å². The fourth-order valence-electron chi connectivity index (χ4n) is 2.55. The highest BCUT2D eigenvalue weighted by Crippen LogP contribution is 2.49. The van der Waals surface area contributed by atoms with E-state index in [0.717, 1.165) is 22.5 Å². The maximum Gasteiger partial charge on any atom is 0.339 e. The Morgan fingerprint density at radius 1 is 0.625 bits per heavy atom. The Balaban J connectivity index is 2.50. The van der Waals surface area contributed by atoms with Gasteiger partial charge in [0.2, 0.25) is 0 Å². The number of hydrogen-bond donors (Lipinski definition) is 0. The molecule has 2 aromatic rings. The van der Waals surface area contributed by atoms with Crippen LogP contribution in [-0.4, -0.2) is 17.6 Å². The van der Waals surface area contributed by atoms with Gasteiger partial charge in [0, 0.05) is 11.1 Å². The first-order valence-corrected chi connectivity index (χ1v) is 13.8. The topological polar surface area (TPSA) is 0 Å². The van der Waals surface area contributed by atoms with E-state index < -0.39 is 40.6 Å². The fraction of sp³-hybridized carbons (Fsp3) is 0.333. The molecule has 0 saturated carbocycles. The van der Waals surface area contributed by atoms with Crippen molar-refractivity contribution in [3.8, 4) is 0 Å². The quantitative estimate of drug-likeness (QED) is 0.552. The summed E-state index contributed by atoms with van der Waals surface area (Å²) in [5.74, 6) is -8.49. The maximum absolute atomic E-state index is 14.7. The summed E-state index contributed by atoms with van der Waals surface area (Å²) < 4.78 is 58.7. The number of halogens is 4. The molecule has 0 heterocycles. The average molecular weight is 371 g/mol. The standard InChI is InChI=1S/C18H22F4Si2/c1-23(2)15-9-5-7-13(11-15)17(19,20)18(21,22)14-8-6-10-16(12-14)24(3)4/h5-12,23-24H,1-4H3.